The van der Waals surface area contributed by atoms with Crippen LogP contribution in [0.25, 0.3) is 0 Å². The molecule has 0 bridgehead atoms. The number of aryl methyl sites for hydroxylation is 4. The molecule has 2 rings (SSSR count). The molecule has 2 nitrogen and oxygen atoms in total. The maximum absolute atomic E-state index is 6.21. The van der Waals surface area contributed by atoms with E-state index in [-0.39, 0.29) is 6.04 Å². The molecule has 0 saturated heterocycles. The van der Waals surface area contributed by atoms with Gasteiger partial charge in [0.25, 0.3) is 0 Å². The SMILES string of the molecule is CNC(c1cc(C)c(Cl)cc1C)c1c(C)oc(C)c1C. The van der Waals surface area contributed by atoms with E-state index in [1.54, 1.807) is 0 Å². The highest BCUT2D eigenvalue weighted by molar-refractivity contribution is 6.31. The Hall–Kier alpha value is -1.25. The van der Waals surface area contributed by atoms with Crippen LogP contribution in [-0.4, -0.2) is 7.05 Å². The van der Waals surface area contributed by atoms with Gasteiger partial charge in [0.2, 0.25) is 0 Å². The molecule has 0 amide bonds. The first-order valence-electron chi connectivity index (χ1n) is 6.87. The van der Waals surface area contributed by atoms with Crippen LogP contribution in [0.4, 0.5) is 0 Å². The average Bonchev–Trinajstić information content (AvgIpc) is 2.63. The lowest BCUT2D eigenvalue weighted by molar-refractivity contribution is 0.495. The van der Waals surface area contributed by atoms with E-state index in [1.165, 1.54) is 22.3 Å². The van der Waals surface area contributed by atoms with Gasteiger partial charge >= 0.3 is 0 Å². The summed E-state index contributed by atoms with van der Waals surface area (Å²) in [6, 6.07) is 4.33. The molecule has 2 aromatic rings. The van der Waals surface area contributed by atoms with Crippen LogP contribution in [0.5, 0.6) is 0 Å². The highest BCUT2D eigenvalue weighted by Gasteiger charge is 2.23. The van der Waals surface area contributed by atoms with Gasteiger partial charge in [-0.25, -0.2) is 0 Å². The summed E-state index contributed by atoms with van der Waals surface area (Å²) in [5.41, 5.74) is 5.99. The van der Waals surface area contributed by atoms with Crippen molar-refractivity contribution in [3.05, 3.63) is 56.5 Å². The number of hydrogen-bond acceptors (Lipinski definition) is 2. The molecule has 1 atom stereocenters. The van der Waals surface area contributed by atoms with E-state index < -0.39 is 0 Å². The highest BCUT2D eigenvalue weighted by atomic mass is 35.5. The van der Waals surface area contributed by atoms with Crippen molar-refractivity contribution >= 4 is 11.6 Å². The maximum Gasteiger partial charge on any atom is 0.106 e. The number of hydrogen-bond donors (Lipinski definition) is 1. The maximum atomic E-state index is 6.21. The van der Waals surface area contributed by atoms with Gasteiger partial charge in [0, 0.05) is 10.6 Å². The number of furan rings is 1. The summed E-state index contributed by atoms with van der Waals surface area (Å²) in [6.07, 6.45) is 0. The lowest BCUT2D eigenvalue weighted by Crippen LogP contribution is -2.20. The zero-order valence-electron chi connectivity index (χ0n) is 13.0. The monoisotopic (exact) mass is 291 g/mol. The summed E-state index contributed by atoms with van der Waals surface area (Å²) in [4.78, 5) is 0. The average molecular weight is 292 g/mol. The third kappa shape index (κ3) is 2.50. The molecule has 0 saturated carbocycles. The molecule has 0 spiro atoms. The Labute approximate surface area is 126 Å². The van der Waals surface area contributed by atoms with Gasteiger partial charge in [0.15, 0.2) is 0 Å². The van der Waals surface area contributed by atoms with Crippen LogP contribution < -0.4 is 5.32 Å². The molecule has 0 radical (unpaired) electrons. The van der Waals surface area contributed by atoms with Gasteiger partial charge in [-0.2, -0.15) is 0 Å². The molecule has 3 heteroatoms. The van der Waals surface area contributed by atoms with Crippen molar-refractivity contribution < 1.29 is 4.42 Å². The highest BCUT2D eigenvalue weighted by Crippen LogP contribution is 2.34. The summed E-state index contributed by atoms with van der Waals surface area (Å²) in [7, 11) is 1.98. The van der Waals surface area contributed by atoms with E-state index in [1.807, 2.05) is 33.9 Å². The third-order valence-electron chi connectivity index (χ3n) is 4.05. The van der Waals surface area contributed by atoms with E-state index >= 15 is 0 Å². The fourth-order valence-corrected chi connectivity index (χ4v) is 3.02. The van der Waals surface area contributed by atoms with Gasteiger partial charge in [0.05, 0.1) is 6.04 Å². The van der Waals surface area contributed by atoms with Gasteiger partial charge in [-0.15, -0.1) is 0 Å². The summed E-state index contributed by atoms with van der Waals surface area (Å²) in [6.45, 7) is 10.3. The quantitative estimate of drug-likeness (QED) is 0.880. The Morgan fingerprint density at radius 1 is 1.00 bits per heavy atom. The van der Waals surface area contributed by atoms with Gasteiger partial charge in [0.1, 0.15) is 11.5 Å². The molecule has 1 heterocycles. The number of rotatable bonds is 3. The molecule has 108 valence electrons. The summed E-state index contributed by atoms with van der Waals surface area (Å²) < 4.78 is 5.78. The van der Waals surface area contributed by atoms with Gasteiger partial charge in [-0.05, 0) is 70.0 Å². The Balaban J connectivity index is 2.61. The van der Waals surface area contributed by atoms with Gasteiger partial charge < -0.3 is 9.73 Å². The van der Waals surface area contributed by atoms with Crippen molar-refractivity contribution in [3.63, 3.8) is 0 Å². The first-order valence-corrected chi connectivity index (χ1v) is 7.25. The van der Waals surface area contributed by atoms with E-state index in [2.05, 4.69) is 25.2 Å². The number of nitrogens with one attached hydrogen (secondary N) is 1. The zero-order chi connectivity index (χ0) is 15.0. The van der Waals surface area contributed by atoms with Crippen molar-refractivity contribution in [1.82, 2.24) is 5.32 Å². The molecular formula is C17H22ClNO. The topological polar surface area (TPSA) is 25.2 Å². The van der Waals surface area contributed by atoms with E-state index in [0.717, 1.165) is 22.1 Å². The molecule has 1 unspecified atom stereocenters. The number of benzene rings is 1. The largest absolute Gasteiger partial charge is 0.466 e. The summed E-state index contributed by atoms with van der Waals surface area (Å²) in [5.74, 6) is 1.97. The van der Waals surface area contributed by atoms with Crippen molar-refractivity contribution in [1.29, 1.82) is 0 Å². The minimum absolute atomic E-state index is 0.128. The Bertz CT molecular complexity index is 643. The summed E-state index contributed by atoms with van der Waals surface area (Å²) >= 11 is 6.21. The smallest absolute Gasteiger partial charge is 0.106 e. The molecule has 0 aliphatic heterocycles. The van der Waals surface area contributed by atoms with Crippen LogP contribution in [0.15, 0.2) is 16.5 Å². The Morgan fingerprint density at radius 3 is 2.15 bits per heavy atom. The predicted octanol–water partition coefficient (Wildman–Crippen LogP) is 4.78. The molecule has 1 aromatic carbocycles. The minimum atomic E-state index is 0.128. The van der Waals surface area contributed by atoms with Crippen molar-refractivity contribution in [2.75, 3.05) is 7.05 Å². The van der Waals surface area contributed by atoms with Crippen LogP contribution in [0.2, 0.25) is 5.02 Å². The molecule has 20 heavy (non-hydrogen) atoms. The van der Waals surface area contributed by atoms with Crippen LogP contribution in [0.3, 0.4) is 0 Å². The van der Waals surface area contributed by atoms with Crippen LogP contribution in [0, 0.1) is 34.6 Å². The minimum Gasteiger partial charge on any atom is -0.466 e. The lowest BCUT2D eigenvalue weighted by atomic mass is 9.91. The molecule has 1 aromatic heterocycles. The van der Waals surface area contributed by atoms with Crippen molar-refractivity contribution in [2.45, 2.75) is 40.7 Å². The summed E-state index contributed by atoms with van der Waals surface area (Å²) in [5, 5.41) is 4.23. The van der Waals surface area contributed by atoms with Crippen LogP contribution >= 0.6 is 11.6 Å². The fourth-order valence-electron chi connectivity index (χ4n) is 2.80. The molecule has 1 N–H and O–H groups in total. The van der Waals surface area contributed by atoms with Crippen molar-refractivity contribution in [2.24, 2.45) is 0 Å². The second-order valence-electron chi connectivity index (χ2n) is 5.43. The fraction of sp³-hybridized carbons (Fsp3) is 0.412. The first-order chi connectivity index (χ1) is 9.36. The molecule has 0 aliphatic carbocycles. The lowest BCUT2D eigenvalue weighted by Gasteiger charge is -2.21. The Morgan fingerprint density at radius 2 is 1.65 bits per heavy atom. The van der Waals surface area contributed by atoms with Crippen LogP contribution in [-0.2, 0) is 0 Å². The Kier molecular flexibility index (Phi) is 4.26. The predicted molar refractivity (Wildman–Crippen MR) is 84.7 cm³/mol. The van der Waals surface area contributed by atoms with Crippen LogP contribution in [0.1, 0.15) is 45.4 Å². The van der Waals surface area contributed by atoms with Gasteiger partial charge in [-0.1, -0.05) is 17.7 Å². The second-order valence-corrected chi connectivity index (χ2v) is 5.84. The normalized spacial score (nSPS) is 12.8. The van der Waals surface area contributed by atoms with E-state index in [0.29, 0.717) is 0 Å². The van der Waals surface area contributed by atoms with Gasteiger partial charge in [-0.3, -0.25) is 0 Å². The van der Waals surface area contributed by atoms with E-state index in [4.69, 9.17) is 16.0 Å². The number of halogens is 1. The van der Waals surface area contributed by atoms with E-state index in [9.17, 15) is 0 Å². The second kappa shape index (κ2) is 5.63. The first kappa shape index (κ1) is 15.1. The molecule has 0 aliphatic rings. The van der Waals surface area contributed by atoms with Crippen molar-refractivity contribution in [3.8, 4) is 0 Å². The third-order valence-corrected chi connectivity index (χ3v) is 4.46. The molecular weight excluding hydrogens is 270 g/mol. The molecule has 0 fully saturated rings. The zero-order valence-corrected chi connectivity index (χ0v) is 13.8. The standard InChI is InChI=1S/C17H22ClNO/c1-9-8-15(18)10(2)7-14(9)17(19-6)16-11(3)12(4)20-13(16)5/h7-8,17,19H,1-6H3.